The third-order valence-corrected chi connectivity index (χ3v) is 6.16. The number of likely N-dealkylation sites (tertiary alicyclic amines) is 1. The Bertz CT molecular complexity index is 1060. The van der Waals surface area contributed by atoms with Gasteiger partial charge in [-0.2, -0.15) is 0 Å². The second-order valence-electron chi connectivity index (χ2n) is 8.68. The number of hydrogen-bond acceptors (Lipinski definition) is 3. The molecule has 1 amide bonds. The van der Waals surface area contributed by atoms with E-state index in [0.29, 0.717) is 13.0 Å². The maximum absolute atomic E-state index is 12.5. The van der Waals surface area contributed by atoms with E-state index in [1.165, 1.54) is 11.1 Å². The summed E-state index contributed by atoms with van der Waals surface area (Å²) in [6.45, 7) is 9.47. The van der Waals surface area contributed by atoms with Gasteiger partial charge in [-0.15, -0.1) is 0 Å². The van der Waals surface area contributed by atoms with Gasteiger partial charge in [0.1, 0.15) is 11.6 Å². The molecular formula is C26H33N3O2. The minimum absolute atomic E-state index is 0.164. The van der Waals surface area contributed by atoms with E-state index < -0.39 is 0 Å². The fraction of sp³-hybridized carbons (Fsp3) is 0.462. The fourth-order valence-corrected chi connectivity index (χ4v) is 4.52. The van der Waals surface area contributed by atoms with Crippen molar-refractivity contribution in [1.29, 1.82) is 0 Å². The second kappa shape index (κ2) is 9.54. The predicted octanol–water partition coefficient (Wildman–Crippen LogP) is 5.24. The van der Waals surface area contributed by atoms with Crippen LogP contribution in [0.5, 0.6) is 5.75 Å². The molecule has 1 atom stereocenters. The van der Waals surface area contributed by atoms with E-state index >= 15 is 0 Å². The monoisotopic (exact) mass is 419 g/mol. The Balaban J connectivity index is 1.47. The van der Waals surface area contributed by atoms with E-state index in [2.05, 4.69) is 61.7 Å². The zero-order valence-electron chi connectivity index (χ0n) is 18.9. The molecule has 0 aliphatic carbocycles. The number of para-hydroxylation sites is 2. The van der Waals surface area contributed by atoms with Gasteiger partial charge in [0.15, 0.2) is 0 Å². The van der Waals surface area contributed by atoms with Crippen LogP contribution in [0.15, 0.2) is 42.5 Å². The zero-order chi connectivity index (χ0) is 21.8. The molecule has 0 spiro atoms. The van der Waals surface area contributed by atoms with Crippen LogP contribution in [0, 0.1) is 13.8 Å². The standard InChI is InChI=1S/C26H33N3O2/c1-4-5-13-28-18-21(17-25(28)30)26-27-22-9-6-7-10-23(22)29(26)14-8-15-31-24-12-11-19(2)16-20(24)3/h6-7,9-12,16,21H,4-5,8,13-15,17-18H2,1-3H3. The van der Waals surface area contributed by atoms with E-state index in [1.807, 2.05) is 11.0 Å². The number of aromatic nitrogens is 2. The van der Waals surface area contributed by atoms with Gasteiger partial charge in [0.2, 0.25) is 5.91 Å². The minimum atomic E-state index is 0.164. The number of nitrogens with zero attached hydrogens (tertiary/aromatic N) is 3. The molecule has 1 aromatic heterocycles. The van der Waals surface area contributed by atoms with Crippen molar-refractivity contribution in [3.05, 3.63) is 59.4 Å². The summed E-state index contributed by atoms with van der Waals surface area (Å²) in [5.74, 6) is 2.42. The molecule has 2 heterocycles. The van der Waals surface area contributed by atoms with E-state index in [-0.39, 0.29) is 11.8 Å². The van der Waals surface area contributed by atoms with Crippen LogP contribution >= 0.6 is 0 Å². The van der Waals surface area contributed by atoms with Crippen molar-refractivity contribution in [1.82, 2.24) is 14.5 Å². The SMILES string of the molecule is CCCCN1CC(c2nc3ccccc3n2CCCOc2ccc(C)cc2C)CC1=O. The molecule has 1 fully saturated rings. The smallest absolute Gasteiger partial charge is 0.223 e. The number of unbranched alkanes of at least 4 members (excludes halogenated alkanes) is 1. The third kappa shape index (κ3) is 4.76. The number of ether oxygens (including phenoxy) is 1. The first-order valence-corrected chi connectivity index (χ1v) is 11.5. The van der Waals surface area contributed by atoms with Crippen molar-refractivity contribution in [2.45, 2.75) is 58.9 Å². The average molecular weight is 420 g/mol. The lowest BCUT2D eigenvalue weighted by Gasteiger charge is -2.17. The maximum Gasteiger partial charge on any atom is 0.223 e. The molecule has 0 saturated carbocycles. The quantitative estimate of drug-likeness (QED) is 0.446. The van der Waals surface area contributed by atoms with Gasteiger partial charge < -0.3 is 14.2 Å². The molecule has 0 radical (unpaired) electrons. The summed E-state index contributed by atoms with van der Waals surface area (Å²) >= 11 is 0. The Morgan fingerprint density at radius 2 is 1.94 bits per heavy atom. The van der Waals surface area contributed by atoms with Crippen LogP contribution in [0.25, 0.3) is 11.0 Å². The summed E-state index contributed by atoms with van der Waals surface area (Å²) in [6, 6.07) is 14.6. The number of carbonyl (C=O) groups is 1. The van der Waals surface area contributed by atoms with Gasteiger partial charge in [0.25, 0.3) is 0 Å². The molecule has 4 rings (SSSR count). The molecule has 0 bridgehead atoms. The summed E-state index contributed by atoms with van der Waals surface area (Å²) in [6.07, 6.45) is 3.62. The van der Waals surface area contributed by atoms with E-state index in [9.17, 15) is 4.79 Å². The fourth-order valence-electron chi connectivity index (χ4n) is 4.52. The molecule has 0 N–H and O–H groups in total. The van der Waals surface area contributed by atoms with Crippen LogP contribution in [0.4, 0.5) is 0 Å². The second-order valence-corrected chi connectivity index (χ2v) is 8.68. The zero-order valence-corrected chi connectivity index (χ0v) is 18.9. The van der Waals surface area contributed by atoms with Crippen LogP contribution in [-0.2, 0) is 11.3 Å². The molecule has 1 aliphatic rings. The normalized spacial score (nSPS) is 16.4. The van der Waals surface area contributed by atoms with Crippen LogP contribution in [-0.4, -0.2) is 40.1 Å². The highest BCUT2D eigenvalue weighted by Gasteiger charge is 2.33. The van der Waals surface area contributed by atoms with Gasteiger partial charge in [-0.1, -0.05) is 43.2 Å². The molecule has 5 nitrogen and oxygen atoms in total. The molecule has 1 aliphatic heterocycles. The number of fused-ring (bicyclic) bond motifs is 1. The van der Waals surface area contributed by atoms with Crippen molar-refractivity contribution in [3.63, 3.8) is 0 Å². The molecule has 5 heteroatoms. The maximum atomic E-state index is 12.5. The van der Waals surface area contributed by atoms with Crippen molar-refractivity contribution < 1.29 is 9.53 Å². The van der Waals surface area contributed by atoms with Gasteiger partial charge in [-0.25, -0.2) is 4.98 Å². The first-order chi connectivity index (χ1) is 15.1. The lowest BCUT2D eigenvalue weighted by atomic mass is 10.1. The van der Waals surface area contributed by atoms with Gasteiger partial charge in [0.05, 0.1) is 17.6 Å². The van der Waals surface area contributed by atoms with Gasteiger partial charge >= 0.3 is 0 Å². The summed E-state index contributed by atoms with van der Waals surface area (Å²) in [4.78, 5) is 19.5. The van der Waals surface area contributed by atoms with Gasteiger partial charge in [-0.3, -0.25) is 4.79 Å². The highest BCUT2D eigenvalue weighted by Crippen LogP contribution is 2.31. The summed E-state index contributed by atoms with van der Waals surface area (Å²) in [5, 5.41) is 0. The molecule has 1 saturated heterocycles. The van der Waals surface area contributed by atoms with E-state index in [0.717, 1.165) is 61.5 Å². The van der Waals surface area contributed by atoms with Crippen molar-refractivity contribution >= 4 is 16.9 Å². The highest BCUT2D eigenvalue weighted by molar-refractivity contribution is 5.80. The van der Waals surface area contributed by atoms with Crippen LogP contribution in [0.1, 0.15) is 55.5 Å². The van der Waals surface area contributed by atoms with Crippen LogP contribution in [0.3, 0.4) is 0 Å². The molecule has 164 valence electrons. The van der Waals surface area contributed by atoms with E-state index in [4.69, 9.17) is 9.72 Å². The largest absolute Gasteiger partial charge is 0.493 e. The molecule has 3 aromatic rings. The Morgan fingerprint density at radius 1 is 1.10 bits per heavy atom. The minimum Gasteiger partial charge on any atom is -0.493 e. The molecular weight excluding hydrogens is 386 g/mol. The van der Waals surface area contributed by atoms with E-state index in [1.54, 1.807) is 0 Å². The predicted molar refractivity (Wildman–Crippen MR) is 125 cm³/mol. The number of aryl methyl sites for hydroxylation is 3. The summed E-state index contributed by atoms with van der Waals surface area (Å²) < 4.78 is 8.36. The molecule has 31 heavy (non-hydrogen) atoms. The Morgan fingerprint density at radius 3 is 2.74 bits per heavy atom. The van der Waals surface area contributed by atoms with Crippen molar-refractivity contribution in [2.24, 2.45) is 0 Å². The number of amides is 1. The number of benzene rings is 2. The average Bonchev–Trinajstić information content (AvgIpc) is 3.31. The summed E-state index contributed by atoms with van der Waals surface area (Å²) in [5.41, 5.74) is 4.57. The molecule has 1 unspecified atom stereocenters. The first kappa shape index (κ1) is 21.4. The van der Waals surface area contributed by atoms with Crippen molar-refractivity contribution in [2.75, 3.05) is 19.7 Å². The third-order valence-electron chi connectivity index (χ3n) is 6.16. The van der Waals surface area contributed by atoms with Gasteiger partial charge in [-0.05, 0) is 50.5 Å². The van der Waals surface area contributed by atoms with Crippen LogP contribution in [0.2, 0.25) is 0 Å². The first-order valence-electron chi connectivity index (χ1n) is 11.5. The number of rotatable bonds is 9. The topological polar surface area (TPSA) is 47.4 Å². The van der Waals surface area contributed by atoms with Crippen molar-refractivity contribution in [3.8, 4) is 5.75 Å². The number of imidazole rings is 1. The highest BCUT2D eigenvalue weighted by atomic mass is 16.5. The lowest BCUT2D eigenvalue weighted by molar-refractivity contribution is -0.127. The lowest BCUT2D eigenvalue weighted by Crippen LogP contribution is -2.26. The van der Waals surface area contributed by atoms with Gasteiger partial charge in [0, 0.05) is 32.0 Å². The Hall–Kier alpha value is -2.82. The van der Waals surface area contributed by atoms with Crippen LogP contribution < -0.4 is 4.74 Å². The summed E-state index contributed by atoms with van der Waals surface area (Å²) in [7, 11) is 0. The number of carbonyl (C=O) groups excluding carboxylic acids is 1. The Kier molecular flexibility index (Phi) is 6.59. The Labute approximate surface area is 185 Å². The molecule has 2 aromatic carbocycles. The number of hydrogen-bond donors (Lipinski definition) is 0.